The Hall–Kier alpha value is -0.530. The Morgan fingerprint density at radius 3 is 2.69 bits per heavy atom. The number of aryl methyl sites for hydroxylation is 1. The van der Waals surface area contributed by atoms with Gasteiger partial charge in [0.15, 0.2) is 0 Å². The van der Waals surface area contributed by atoms with Crippen molar-refractivity contribution in [1.82, 2.24) is 0 Å². The van der Waals surface area contributed by atoms with E-state index >= 15 is 0 Å². The standard InChI is InChI=1S/C11H14ClN/c1-7-2-3-9(6-10(7)12)11(13)8-4-5-8/h2-3,6,8,11H,4-5,13H2,1H3. The van der Waals surface area contributed by atoms with Crippen LogP contribution < -0.4 is 5.73 Å². The van der Waals surface area contributed by atoms with E-state index in [1.807, 2.05) is 19.1 Å². The Labute approximate surface area is 83.9 Å². The Morgan fingerprint density at radius 1 is 1.46 bits per heavy atom. The predicted octanol–water partition coefficient (Wildman–Crippen LogP) is 3.06. The SMILES string of the molecule is Cc1ccc(C(N)C2CC2)cc1Cl. The molecule has 1 unspecified atom stereocenters. The summed E-state index contributed by atoms with van der Waals surface area (Å²) in [6, 6.07) is 6.32. The van der Waals surface area contributed by atoms with Crippen LogP contribution in [-0.2, 0) is 0 Å². The first kappa shape index (κ1) is 9.04. The summed E-state index contributed by atoms with van der Waals surface area (Å²) in [5, 5.41) is 0.827. The fourth-order valence-corrected chi connectivity index (χ4v) is 1.73. The normalized spacial score (nSPS) is 18.7. The fourth-order valence-electron chi connectivity index (χ4n) is 1.54. The van der Waals surface area contributed by atoms with Crippen LogP contribution in [0.2, 0.25) is 5.02 Å². The van der Waals surface area contributed by atoms with Gasteiger partial charge in [-0.05, 0) is 42.9 Å². The lowest BCUT2D eigenvalue weighted by atomic mass is 10.0. The van der Waals surface area contributed by atoms with Crippen LogP contribution in [0, 0.1) is 12.8 Å². The maximum absolute atomic E-state index is 6.06. The molecule has 0 aliphatic heterocycles. The number of rotatable bonds is 2. The lowest BCUT2D eigenvalue weighted by Gasteiger charge is -2.11. The second kappa shape index (κ2) is 3.32. The number of nitrogens with two attached hydrogens (primary N) is 1. The van der Waals surface area contributed by atoms with E-state index in [2.05, 4.69) is 6.07 Å². The molecule has 0 aromatic heterocycles. The maximum Gasteiger partial charge on any atom is 0.0438 e. The minimum atomic E-state index is 0.193. The highest BCUT2D eigenvalue weighted by Gasteiger charge is 2.29. The number of halogens is 1. The van der Waals surface area contributed by atoms with E-state index in [0.29, 0.717) is 5.92 Å². The summed E-state index contributed by atoms with van der Waals surface area (Å²) in [5.74, 6) is 0.693. The van der Waals surface area contributed by atoms with Crippen LogP contribution in [0.25, 0.3) is 0 Å². The molecule has 1 saturated carbocycles. The second-order valence-electron chi connectivity index (χ2n) is 3.87. The van der Waals surface area contributed by atoms with Crippen LogP contribution in [0.1, 0.15) is 30.0 Å². The average Bonchev–Trinajstić information content (AvgIpc) is 2.91. The minimum Gasteiger partial charge on any atom is -0.324 e. The van der Waals surface area contributed by atoms with E-state index in [1.54, 1.807) is 0 Å². The molecule has 13 heavy (non-hydrogen) atoms. The van der Waals surface area contributed by atoms with E-state index in [-0.39, 0.29) is 6.04 Å². The third-order valence-corrected chi connectivity index (χ3v) is 3.12. The summed E-state index contributed by atoms with van der Waals surface area (Å²) in [4.78, 5) is 0. The van der Waals surface area contributed by atoms with Crippen molar-refractivity contribution < 1.29 is 0 Å². The second-order valence-corrected chi connectivity index (χ2v) is 4.28. The van der Waals surface area contributed by atoms with Crippen molar-refractivity contribution >= 4 is 11.6 Å². The Morgan fingerprint density at radius 2 is 2.15 bits per heavy atom. The van der Waals surface area contributed by atoms with Crippen molar-refractivity contribution in [3.8, 4) is 0 Å². The van der Waals surface area contributed by atoms with Crippen molar-refractivity contribution in [2.75, 3.05) is 0 Å². The van der Waals surface area contributed by atoms with Gasteiger partial charge in [-0.2, -0.15) is 0 Å². The molecular weight excluding hydrogens is 182 g/mol. The summed E-state index contributed by atoms with van der Waals surface area (Å²) in [5.41, 5.74) is 8.36. The summed E-state index contributed by atoms with van der Waals surface area (Å²) in [6.07, 6.45) is 2.54. The Kier molecular flexibility index (Phi) is 2.31. The largest absolute Gasteiger partial charge is 0.324 e. The van der Waals surface area contributed by atoms with Gasteiger partial charge < -0.3 is 5.73 Å². The van der Waals surface area contributed by atoms with Gasteiger partial charge in [0.05, 0.1) is 0 Å². The predicted molar refractivity (Wildman–Crippen MR) is 55.8 cm³/mol. The van der Waals surface area contributed by atoms with Crippen LogP contribution in [-0.4, -0.2) is 0 Å². The van der Waals surface area contributed by atoms with Crippen molar-refractivity contribution in [2.45, 2.75) is 25.8 Å². The van der Waals surface area contributed by atoms with Crippen LogP contribution in [0.5, 0.6) is 0 Å². The van der Waals surface area contributed by atoms with Gasteiger partial charge in [0.2, 0.25) is 0 Å². The van der Waals surface area contributed by atoms with Crippen LogP contribution in [0.3, 0.4) is 0 Å². The van der Waals surface area contributed by atoms with Gasteiger partial charge in [-0.25, -0.2) is 0 Å². The lowest BCUT2D eigenvalue weighted by Crippen LogP contribution is -2.12. The average molecular weight is 196 g/mol. The zero-order valence-corrected chi connectivity index (χ0v) is 8.51. The lowest BCUT2D eigenvalue weighted by molar-refractivity contribution is 0.633. The quantitative estimate of drug-likeness (QED) is 0.772. The molecule has 0 amide bonds. The van der Waals surface area contributed by atoms with Crippen molar-refractivity contribution in [2.24, 2.45) is 11.7 Å². The summed E-state index contributed by atoms with van der Waals surface area (Å²) < 4.78 is 0. The Balaban J connectivity index is 2.24. The van der Waals surface area contributed by atoms with Crippen LogP contribution >= 0.6 is 11.6 Å². The number of hydrogen-bond donors (Lipinski definition) is 1. The van der Waals surface area contributed by atoms with E-state index in [4.69, 9.17) is 17.3 Å². The first-order chi connectivity index (χ1) is 6.18. The smallest absolute Gasteiger partial charge is 0.0438 e. The van der Waals surface area contributed by atoms with Gasteiger partial charge in [-0.15, -0.1) is 0 Å². The van der Waals surface area contributed by atoms with Crippen LogP contribution in [0.4, 0.5) is 0 Å². The highest BCUT2D eigenvalue weighted by atomic mass is 35.5. The molecule has 70 valence electrons. The zero-order valence-electron chi connectivity index (χ0n) is 7.76. The number of benzene rings is 1. The fraction of sp³-hybridized carbons (Fsp3) is 0.455. The molecule has 2 N–H and O–H groups in total. The maximum atomic E-state index is 6.06. The molecule has 0 bridgehead atoms. The molecule has 0 spiro atoms. The van der Waals surface area contributed by atoms with Gasteiger partial charge in [0, 0.05) is 11.1 Å². The number of hydrogen-bond acceptors (Lipinski definition) is 1. The molecule has 1 fully saturated rings. The molecule has 1 nitrogen and oxygen atoms in total. The summed E-state index contributed by atoms with van der Waals surface area (Å²) >= 11 is 6.03. The third kappa shape index (κ3) is 1.87. The minimum absolute atomic E-state index is 0.193. The highest BCUT2D eigenvalue weighted by Crippen LogP contribution is 2.39. The van der Waals surface area contributed by atoms with Crippen molar-refractivity contribution in [3.63, 3.8) is 0 Å². The van der Waals surface area contributed by atoms with Gasteiger partial charge in [-0.1, -0.05) is 23.7 Å². The molecule has 1 atom stereocenters. The molecule has 0 heterocycles. The molecule has 2 rings (SSSR count). The van der Waals surface area contributed by atoms with Gasteiger partial charge in [0.25, 0.3) is 0 Å². The summed E-state index contributed by atoms with van der Waals surface area (Å²) in [6.45, 7) is 2.01. The van der Waals surface area contributed by atoms with E-state index in [9.17, 15) is 0 Å². The molecule has 1 aliphatic carbocycles. The monoisotopic (exact) mass is 195 g/mol. The molecule has 0 radical (unpaired) electrons. The molecule has 1 aromatic carbocycles. The molecular formula is C11H14ClN. The molecule has 1 aromatic rings. The molecule has 0 saturated heterocycles. The van der Waals surface area contributed by atoms with E-state index < -0.39 is 0 Å². The van der Waals surface area contributed by atoms with Gasteiger partial charge >= 0.3 is 0 Å². The third-order valence-electron chi connectivity index (χ3n) is 2.71. The first-order valence-electron chi connectivity index (χ1n) is 4.70. The zero-order chi connectivity index (χ0) is 9.42. The van der Waals surface area contributed by atoms with E-state index in [0.717, 1.165) is 10.6 Å². The van der Waals surface area contributed by atoms with Gasteiger partial charge in [0.1, 0.15) is 0 Å². The van der Waals surface area contributed by atoms with Gasteiger partial charge in [-0.3, -0.25) is 0 Å². The Bertz CT molecular complexity index is 318. The van der Waals surface area contributed by atoms with E-state index in [1.165, 1.54) is 18.4 Å². The summed E-state index contributed by atoms with van der Waals surface area (Å²) in [7, 11) is 0. The topological polar surface area (TPSA) is 26.0 Å². The highest BCUT2D eigenvalue weighted by molar-refractivity contribution is 6.31. The molecule has 1 aliphatic rings. The van der Waals surface area contributed by atoms with Crippen molar-refractivity contribution in [1.29, 1.82) is 0 Å². The van der Waals surface area contributed by atoms with Crippen LogP contribution in [0.15, 0.2) is 18.2 Å². The first-order valence-corrected chi connectivity index (χ1v) is 5.08. The van der Waals surface area contributed by atoms with Crippen molar-refractivity contribution in [3.05, 3.63) is 34.3 Å². The molecule has 2 heteroatoms.